The minimum absolute atomic E-state index is 0.489. The number of imidazole rings is 1. The van der Waals surface area contributed by atoms with Crippen molar-refractivity contribution in [2.75, 3.05) is 0 Å². The Labute approximate surface area is 79.2 Å². The van der Waals surface area contributed by atoms with Crippen molar-refractivity contribution in [3.8, 4) is 0 Å². The van der Waals surface area contributed by atoms with Crippen molar-refractivity contribution >= 4 is 17.1 Å². The summed E-state index contributed by atoms with van der Waals surface area (Å²) in [6, 6.07) is 5.40. The van der Waals surface area contributed by atoms with Gasteiger partial charge in [0.2, 0.25) is 6.20 Å². The number of rotatable bonds is 2. The van der Waals surface area contributed by atoms with Gasteiger partial charge in [-0.2, -0.15) is 0 Å². The molecular formula is C9H7N3O2. The van der Waals surface area contributed by atoms with Gasteiger partial charge in [0.25, 0.3) is 0 Å². The van der Waals surface area contributed by atoms with Gasteiger partial charge in [-0.3, -0.25) is 10.1 Å². The second-order valence-electron chi connectivity index (χ2n) is 2.78. The molecule has 5 heteroatoms. The summed E-state index contributed by atoms with van der Waals surface area (Å²) in [7, 11) is 0. The Balaban J connectivity index is 2.39. The third kappa shape index (κ3) is 1.61. The highest BCUT2D eigenvalue weighted by Crippen LogP contribution is 2.12. The summed E-state index contributed by atoms with van der Waals surface area (Å²) in [4.78, 5) is 16.6. The van der Waals surface area contributed by atoms with Crippen molar-refractivity contribution in [2.24, 2.45) is 0 Å². The van der Waals surface area contributed by atoms with Gasteiger partial charge in [0.05, 0.1) is 22.3 Å². The highest BCUT2D eigenvalue weighted by molar-refractivity contribution is 5.77. The lowest BCUT2D eigenvalue weighted by atomic mass is 10.2. The Kier molecular flexibility index (Phi) is 1.98. The number of nitro groups is 1. The molecule has 1 heterocycles. The molecule has 70 valence electrons. The van der Waals surface area contributed by atoms with Crippen molar-refractivity contribution in [1.29, 1.82) is 0 Å². The quantitative estimate of drug-likeness (QED) is 0.578. The van der Waals surface area contributed by atoms with Gasteiger partial charge in [0, 0.05) is 6.08 Å². The molecule has 0 spiro atoms. The molecular weight excluding hydrogens is 182 g/mol. The van der Waals surface area contributed by atoms with E-state index in [4.69, 9.17) is 0 Å². The second-order valence-corrected chi connectivity index (χ2v) is 2.78. The first-order chi connectivity index (χ1) is 6.75. The highest BCUT2D eigenvalue weighted by Gasteiger charge is 1.96. The van der Waals surface area contributed by atoms with Crippen molar-refractivity contribution in [2.45, 2.75) is 0 Å². The summed E-state index contributed by atoms with van der Waals surface area (Å²) in [5.74, 6) is 0. The van der Waals surface area contributed by atoms with E-state index in [1.54, 1.807) is 12.4 Å². The van der Waals surface area contributed by atoms with Gasteiger partial charge in [-0.25, -0.2) is 4.98 Å². The lowest BCUT2D eigenvalue weighted by molar-refractivity contribution is -0.400. The standard InChI is InChI=1S/C9H7N3O2/c13-12(14)4-3-7-1-2-8-9(5-7)11-6-10-8/h1-6H,(H,10,11). The molecule has 0 bridgehead atoms. The van der Waals surface area contributed by atoms with Gasteiger partial charge < -0.3 is 4.98 Å². The first kappa shape index (κ1) is 8.43. The third-order valence-electron chi connectivity index (χ3n) is 1.83. The molecule has 5 nitrogen and oxygen atoms in total. The molecule has 1 aromatic heterocycles. The van der Waals surface area contributed by atoms with E-state index in [-0.39, 0.29) is 0 Å². The van der Waals surface area contributed by atoms with Crippen LogP contribution in [0.2, 0.25) is 0 Å². The normalized spacial score (nSPS) is 11.1. The maximum absolute atomic E-state index is 10.1. The van der Waals surface area contributed by atoms with E-state index in [0.29, 0.717) is 0 Å². The lowest BCUT2D eigenvalue weighted by Gasteiger charge is -1.91. The molecule has 0 amide bonds. The molecule has 0 unspecified atom stereocenters. The summed E-state index contributed by atoms with van der Waals surface area (Å²) in [6.45, 7) is 0. The summed E-state index contributed by atoms with van der Waals surface area (Å²) in [5, 5.41) is 10.1. The van der Waals surface area contributed by atoms with E-state index in [0.717, 1.165) is 22.8 Å². The van der Waals surface area contributed by atoms with Crippen LogP contribution in [0.5, 0.6) is 0 Å². The molecule has 0 radical (unpaired) electrons. The number of aromatic amines is 1. The first-order valence-electron chi connectivity index (χ1n) is 4.00. The fraction of sp³-hybridized carbons (Fsp3) is 0. The van der Waals surface area contributed by atoms with E-state index in [1.165, 1.54) is 6.08 Å². The van der Waals surface area contributed by atoms with Crippen molar-refractivity contribution < 1.29 is 4.92 Å². The lowest BCUT2D eigenvalue weighted by Crippen LogP contribution is -1.82. The fourth-order valence-electron chi connectivity index (χ4n) is 1.20. The summed E-state index contributed by atoms with van der Waals surface area (Å²) in [5.41, 5.74) is 2.50. The topological polar surface area (TPSA) is 71.8 Å². The van der Waals surface area contributed by atoms with E-state index in [1.807, 2.05) is 12.1 Å². The Bertz CT molecular complexity index is 501. The number of H-pyrrole nitrogens is 1. The number of hydrogen-bond donors (Lipinski definition) is 1. The SMILES string of the molecule is O=[N+]([O-])C=Cc1ccc2nc[nH]c2c1. The number of nitrogens with zero attached hydrogens (tertiary/aromatic N) is 2. The third-order valence-corrected chi connectivity index (χ3v) is 1.83. The fourth-order valence-corrected chi connectivity index (χ4v) is 1.20. The van der Waals surface area contributed by atoms with Gasteiger partial charge in [-0.15, -0.1) is 0 Å². The monoisotopic (exact) mass is 189 g/mol. The minimum Gasteiger partial charge on any atom is -0.345 e. The Morgan fingerprint density at radius 2 is 2.36 bits per heavy atom. The zero-order chi connectivity index (χ0) is 9.97. The molecule has 1 aromatic carbocycles. The maximum atomic E-state index is 10.1. The van der Waals surface area contributed by atoms with Crippen LogP contribution in [0.25, 0.3) is 17.1 Å². The molecule has 0 saturated carbocycles. The Morgan fingerprint density at radius 3 is 3.14 bits per heavy atom. The highest BCUT2D eigenvalue weighted by atomic mass is 16.6. The maximum Gasteiger partial charge on any atom is 0.235 e. The van der Waals surface area contributed by atoms with E-state index in [9.17, 15) is 10.1 Å². The molecule has 2 rings (SSSR count). The van der Waals surface area contributed by atoms with Crippen LogP contribution in [0.15, 0.2) is 30.7 Å². The van der Waals surface area contributed by atoms with Gasteiger partial charge in [0.1, 0.15) is 0 Å². The zero-order valence-corrected chi connectivity index (χ0v) is 7.18. The van der Waals surface area contributed by atoms with Crippen LogP contribution in [-0.2, 0) is 0 Å². The van der Waals surface area contributed by atoms with Crippen LogP contribution in [0.3, 0.4) is 0 Å². The Hall–Kier alpha value is -2.17. The smallest absolute Gasteiger partial charge is 0.235 e. The molecule has 0 fully saturated rings. The summed E-state index contributed by atoms with van der Waals surface area (Å²) >= 11 is 0. The van der Waals surface area contributed by atoms with Crippen LogP contribution >= 0.6 is 0 Å². The predicted octanol–water partition coefficient (Wildman–Crippen LogP) is 1.81. The zero-order valence-electron chi connectivity index (χ0n) is 7.18. The van der Waals surface area contributed by atoms with Gasteiger partial charge in [-0.05, 0) is 17.7 Å². The Morgan fingerprint density at radius 1 is 1.50 bits per heavy atom. The van der Waals surface area contributed by atoms with Gasteiger partial charge >= 0.3 is 0 Å². The van der Waals surface area contributed by atoms with Crippen LogP contribution in [-0.4, -0.2) is 14.9 Å². The average Bonchev–Trinajstić information content (AvgIpc) is 2.61. The van der Waals surface area contributed by atoms with Crippen LogP contribution in [0.4, 0.5) is 0 Å². The molecule has 0 aliphatic rings. The van der Waals surface area contributed by atoms with Crippen LogP contribution in [0, 0.1) is 10.1 Å². The molecule has 0 saturated heterocycles. The number of aromatic nitrogens is 2. The van der Waals surface area contributed by atoms with Gasteiger partial charge in [-0.1, -0.05) is 6.07 Å². The summed E-state index contributed by atoms with van der Waals surface area (Å²) in [6.07, 6.45) is 3.95. The van der Waals surface area contributed by atoms with E-state index >= 15 is 0 Å². The molecule has 1 N–H and O–H groups in total. The summed E-state index contributed by atoms with van der Waals surface area (Å²) < 4.78 is 0. The number of fused-ring (bicyclic) bond motifs is 1. The molecule has 0 aliphatic heterocycles. The van der Waals surface area contributed by atoms with Crippen molar-refractivity contribution in [1.82, 2.24) is 9.97 Å². The first-order valence-corrected chi connectivity index (χ1v) is 4.00. The molecule has 14 heavy (non-hydrogen) atoms. The van der Waals surface area contributed by atoms with E-state index < -0.39 is 4.92 Å². The minimum atomic E-state index is -0.489. The number of benzene rings is 1. The van der Waals surface area contributed by atoms with Gasteiger partial charge in [0.15, 0.2) is 0 Å². The number of nitrogens with one attached hydrogen (secondary N) is 1. The van der Waals surface area contributed by atoms with E-state index in [2.05, 4.69) is 9.97 Å². The van der Waals surface area contributed by atoms with Crippen molar-refractivity contribution in [3.05, 3.63) is 46.4 Å². The second kappa shape index (κ2) is 3.29. The predicted molar refractivity (Wildman–Crippen MR) is 52.1 cm³/mol. The molecule has 0 aliphatic carbocycles. The van der Waals surface area contributed by atoms with Crippen molar-refractivity contribution in [3.63, 3.8) is 0 Å². The average molecular weight is 189 g/mol. The molecule has 0 atom stereocenters. The van der Waals surface area contributed by atoms with Crippen LogP contribution < -0.4 is 0 Å². The number of hydrogen-bond acceptors (Lipinski definition) is 3. The van der Waals surface area contributed by atoms with Crippen LogP contribution in [0.1, 0.15) is 5.56 Å². The largest absolute Gasteiger partial charge is 0.345 e. The molecule has 2 aromatic rings.